The molecular weight excluding hydrogens is 242 g/mol. The van der Waals surface area contributed by atoms with Gasteiger partial charge in [-0.1, -0.05) is 15.9 Å². The van der Waals surface area contributed by atoms with Gasteiger partial charge in [0.2, 0.25) is 0 Å². The molecule has 5 nitrogen and oxygen atoms in total. The van der Waals surface area contributed by atoms with Gasteiger partial charge in [0.05, 0.1) is 13.2 Å². The molecule has 0 saturated carbocycles. The summed E-state index contributed by atoms with van der Waals surface area (Å²) in [6, 6.07) is 0. The van der Waals surface area contributed by atoms with Crippen LogP contribution >= 0.6 is 15.9 Å². The lowest BCUT2D eigenvalue weighted by molar-refractivity contribution is -0.128. The molecule has 76 valence electrons. The molecule has 0 atom stereocenters. The average Bonchev–Trinajstić information content (AvgIpc) is 2.13. The zero-order chi connectivity index (χ0) is 9.94. The number of amides is 1. The predicted molar refractivity (Wildman–Crippen MR) is 49.8 cm³/mol. The third-order valence-electron chi connectivity index (χ3n) is 1.07. The highest BCUT2D eigenvalue weighted by atomic mass is 79.9. The van der Waals surface area contributed by atoms with Crippen molar-refractivity contribution in [2.45, 2.75) is 6.42 Å². The Balaban J connectivity index is 3.15. The Morgan fingerprint density at radius 1 is 1.46 bits per heavy atom. The molecular formula is C7H12BrNO4. The maximum Gasteiger partial charge on any atom is 0.407 e. The van der Waals surface area contributed by atoms with Crippen LogP contribution in [0.2, 0.25) is 0 Å². The summed E-state index contributed by atoms with van der Waals surface area (Å²) in [5, 5.41) is 3.22. The van der Waals surface area contributed by atoms with Gasteiger partial charge in [0, 0.05) is 5.33 Å². The number of rotatable bonds is 7. The smallest absolute Gasteiger partial charge is 0.407 e. The van der Waals surface area contributed by atoms with Gasteiger partial charge in [-0.15, -0.1) is 0 Å². The summed E-state index contributed by atoms with van der Waals surface area (Å²) in [7, 11) is 0. The summed E-state index contributed by atoms with van der Waals surface area (Å²) in [6.07, 6.45) is 0.286. The number of halogens is 1. The number of alkyl halides is 1. The Morgan fingerprint density at radius 2 is 2.23 bits per heavy atom. The maximum atomic E-state index is 10.8. The number of alkyl carbamates (subject to hydrolysis) is 1. The summed E-state index contributed by atoms with van der Waals surface area (Å²) in [4.78, 5) is 20.5. The average molecular weight is 254 g/mol. The summed E-state index contributed by atoms with van der Waals surface area (Å²) in [6.45, 7) is 1.15. The molecule has 0 aliphatic heterocycles. The highest BCUT2D eigenvalue weighted by molar-refractivity contribution is 9.09. The minimum absolute atomic E-state index is 0.164. The number of carbonyl (C=O) groups is 2. The van der Waals surface area contributed by atoms with Crippen LogP contribution in [0.1, 0.15) is 6.42 Å². The molecule has 0 radical (unpaired) electrons. The minimum atomic E-state index is -0.490. The molecule has 0 aliphatic rings. The lowest BCUT2D eigenvalue weighted by atomic mass is 10.5. The van der Waals surface area contributed by atoms with Gasteiger partial charge in [-0.05, 0) is 6.42 Å². The largest absolute Gasteiger partial charge is 0.466 e. The zero-order valence-corrected chi connectivity index (χ0v) is 8.71. The van der Waals surface area contributed by atoms with Crippen molar-refractivity contribution < 1.29 is 19.1 Å². The van der Waals surface area contributed by atoms with E-state index in [0.717, 1.165) is 11.8 Å². The molecule has 0 spiro atoms. The van der Waals surface area contributed by atoms with Crippen LogP contribution in [0.25, 0.3) is 0 Å². The second kappa shape index (κ2) is 9.31. The Labute approximate surface area is 84.9 Å². The van der Waals surface area contributed by atoms with Crippen LogP contribution in [-0.4, -0.2) is 37.7 Å². The van der Waals surface area contributed by atoms with E-state index in [9.17, 15) is 9.59 Å². The molecule has 0 aromatic heterocycles. The summed E-state index contributed by atoms with van der Waals surface area (Å²) >= 11 is 3.20. The van der Waals surface area contributed by atoms with Crippen LogP contribution in [0.5, 0.6) is 0 Å². The van der Waals surface area contributed by atoms with Gasteiger partial charge >= 0.3 is 6.09 Å². The van der Waals surface area contributed by atoms with Gasteiger partial charge in [0.25, 0.3) is 6.47 Å². The first kappa shape index (κ1) is 12.2. The monoisotopic (exact) mass is 253 g/mol. The summed E-state index contributed by atoms with van der Waals surface area (Å²) in [5.74, 6) is 0. The molecule has 0 heterocycles. The molecule has 0 saturated heterocycles. The number of carbonyl (C=O) groups excluding carboxylic acids is 2. The first-order chi connectivity index (χ1) is 6.31. The van der Waals surface area contributed by atoms with E-state index in [2.05, 4.69) is 26.0 Å². The van der Waals surface area contributed by atoms with Crippen molar-refractivity contribution in [1.82, 2.24) is 5.32 Å². The van der Waals surface area contributed by atoms with Crippen LogP contribution < -0.4 is 5.32 Å². The highest BCUT2D eigenvalue weighted by Crippen LogP contribution is 1.88. The summed E-state index contributed by atoms with van der Waals surface area (Å²) < 4.78 is 9.09. The van der Waals surface area contributed by atoms with Gasteiger partial charge in [-0.25, -0.2) is 4.79 Å². The van der Waals surface area contributed by atoms with Gasteiger partial charge in [-0.2, -0.15) is 0 Å². The van der Waals surface area contributed by atoms with Crippen LogP contribution in [0, 0.1) is 0 Å². The number of ether oxygens (including phenoxy) is 2. The van der Waals surface area contributed by atoms with Crippen molar-refractivity contribution in [3.8, 4) is 0 Å². The normalized spacial score (nSPS) is 9.00. The van der Waals surface area contributed by atoms with Crippen LogP contribution in [0.3, 0.4) is 0 Å². The second-order valence-electron chi connectivity index (χ2n) is 2.07. The fourth-order valence-electron chi connectivity index (χ4n) is 0.531. The van der Waals surface area contributed by atoms with Crippen molar-refractivity contribution in [3.05, 3.63) is 0 Å². The Kier molecular flexibility index (Phi) is 8.75. The predicted octanol–water partition coefficient (Wildman–Crippen LogP) is 0.671. The lowest BCUT2D eigenvalue weighted by Crippen LogP contribution is -2.28. The van der Waals surface area contributed by atoms with Crippen LogP contribution in [0.4, 0.5) is 4.79 Å². The molecule has 0 aliphatic carbocycles. The maximum absolute atomic E-state index is 10.8. The Bertz CT molecular complexity index is 153. The number of nitrogens with one attached hydrogen (secondary N) is 1. The molecule has 13 heavy (non-hydrogen) atoms. The fraction of sp³-hybridized carbons (Fsp3) is 0.714. The van der Waals surface area contributed by atoms with E-state index in [1.165, 1.54) is 0 Å². The molecule has 0 bridgehead atoms. The van der Waals surface area contributed by atoms with Crippen molar-refractivity contribution in [1.29, 1.82) is 0 Å². The van der Waals surface area contributed by atoms with E-state index in [1.807, 2.05) is 0 Å². The highest BCUT2D eigenvalue weighted by Gasteiger charge is 1.99. The lowest BCUT2D eigenvalue weighted by Gasteiger charge is -2.04. The number of hydrogen-bond donors (Lipinski definition) is 1. The van der Waals surface area contributed by atoms with Crippen molar-refractivity contribution in [3.63, 3.8) is 0 Å². The molecule has 6 heteroatoms. The van der Waals surface area contributed by atoms with E-state index >= 15 is 0 Å². The quantitative estimate of drug-likeness (QED) is 0.412. The Hall–Kier alpha value is -0.780. The third-order valence-corrected chi connectivity index (χ3v) is 1.63. The molecule has 1 amide bonds. The molecule has 1 N–H and O–H groups in total. The molecule has 0 aromatic carbocycles. The van der Waals surface area contributed by atoms with Gasteiger partial charge in [0.15, 0.2) is 0 Å². The zero-order valence-electron chi connectivity index (χ0n) is 7.12. The van der Waals surface area contributed by atoms with Crippen molar-refractivity contribution in [2.75, 3.05) is 25.1 Å². The fourth-order valence-corrected chi connectivity index (χ4v) is 0.760. The van der Waals surface area contributed by atoms with Gasteiger partial charge in [-0.3, -0.25) is 4.79 Å². The van der Waals surface area contributed by atoms with E-state index < -0.39 is 6.09 Å². The van der Waals surface area contributed by atoms with E-state index in [1.54, 1.807) is 0 Å². The summed E-state index contributed by atoms with van der Waals surface area (Å²) in [5.41, 5.74) is 0. The topological polar surface area (TPSA) is 64.6 Å². The van der Waals surface area contributed by atoms with E-state index in [0.29, 0.717) is 13.1 Å². The Morgan fingerprint density at radius 3 is 2.85 bits per heavy atom. The molecule has 0 unspecified atom stereocenters. The third kappa shape index (κ3) is 9.13. The second-order valence-corrected chi connectivity index (χ2v) is 2.87. The van der Waals surface area contributed by atoms with E-state index in [4.69, 9.17) is 4.74 Å². The van der Waals surface area contributed by atoms with Crippen molar-refractivity contribution in [2.24, 2.45) is 0 Å². The number of hydrogen-bond acceptors (Lipinski definition) is 4. The first-order valence-corrected chi connectivity index (χ1v) is 4.95. The van der Waals surface area contributed by atoms with Crippen molar-refractivity contribution >= 4 is 28.5 Å². The van der Waals surface area contributed by atoms with E-state index in [-0.39, 0.29) is 13.2 Å². The minimum Gasteiger partial charge on any atom is -0.466 e. The van der Waals surface area contributed by atoms with Crippen LogP contribution in [-0.2, 0) is 14.3 Å². The SMILES string of the molecule is O=COCCNC(=O)OCCCBr. The first-order valence-electron chi connectivity index (χ1n) is 3.83. The van der Waals surface area contributed by atoms with Crippen LogP contribution in [0.15, 0.2) is 0 Å². The molecule has 0 aromatic rings. The van der Waals surface area contributed by atoms with Gasteiger partial charge < -0.3 is 14.8 Å². The standard InChI is InChI=1S/C7H12BrNO4/c8-2-1-4-13-7(11)9-3-5-12-6-10/h6H,1-5H2,(H,9,11). The molecule has 0 fully saturated rings. The molecule has 0 rings (SSSR count). The van der Waals surface area contributed by atoms with Gasteiger partial charge in [0.1, 0.15) is 6.61 Å².